The van der Waals surface area contributed by atoms with E-state index in [1.54, 1.807) is 7.11 Å². The van der Waals surface area contributed by atoms with Gasteiger partial charge in [0.15, 0.2) is 0 Å². The number of rotatable bonds is 6. The van der Waals surface area contributed by atoms with Crippen LogP contribution >= 0.6 is 11.6 Å². The third kappa shape index (κ3) is 3.75. The lowest BCUT2D eigenvalue weighted by Crippen LogP contribution is -2.13. The Kier molecular flexibility index (Phi) is 5.33. The predicted molar refractivity (Wildman–Crippen MR) is 105 cm³/mol. The first kappa shape index (κ1) is 18.1. The lowest BCUT2D eigenvalue weighted by Gasteiger charge is -2.13. The maximum absolute atomic E-state index is 11.8. The smallest absolute Gasteiger partial charge is 0.250 e. The van der Waals surface area contributed by atoms with Gasteiger partial charge in [0.25, 0.3) is 5.91 Å². The van der Waals surface area contributed by atoms with E-state index in [1.807, 2.05) is 61.5 Å². The van der Waals surface area contributed by atoms with Gasteiger partial charge in [0.05, 0.1) is 12.7 Å². The van der Waals surface area contributed by atoms with Crippen molar-refractivity contribution in [2.45, 2.75) is 19.9 Å². The quantitative estimate of drug-likeness (QED) is 0.698. The number of nitrogens with two attached hydrogens (primary N) is 1. The van der Waals surface area contributed by atoms with Crippen LogP contribution in [0.5, 0.6) is 5.75 Å². The maximum atomic E-state index is 11.8. The minimum atomic E-state index is -0.418. The first-order valence-electron chi connectivity index (χ1n) is 8.38. The van der Waals surface area contributed by atoms with E-state index in [9.17, 15) is 4.79 Å². The predicted octanol–water partition coefficient (Wildman–Crippen LogP) is 4.47. The van der Waals surface area contributed by atoms with Gasteiger partial charge in [0, 0.05) is 23.0 Å². The lowest BCUT2D eigenvalue weighted by atomic mass is 10.1. The lowest BCUT2D eigenvalue weighted by molar-refractivity contribution is 0.0999. The Bertz CT molecular complexity index is 930. The summed E-state index contributed by atoms with van der Waals surface area (Å²) in [5.74, 6) is 0.372. The number of amides is 1. The number of primary amides is 1. The molecule has 0 aliphatic heterocycles. The number of carbonyl (C=O) groups is 1. The Morgan fingerprint density at radius 3 is 2.50 bits per heavy atom. The molecule has 0 aliphatic rings. The SMILES string of the molecule is COc1ccc(-c2cc(C(N)=O)c(C)n2CCc2cccc(Cl)c2)cc1. The summed E-state index contributed by atoms with van der Waals surface area (Å²) in [5.41, 5.74) is 10.1. The molecular weight excluding hydrogens is 348 g/mol. The van der Waals surface area contributed by atoms with Crippen molar-refractivity contribution in [2.75, 3.05) is 7.11 Å². The Labute approximate surface area is 158 Å². The van der Waals surface area contributed by atoms with E-state index in [4.69, 9.17) is 22.1 Å². The molecule has 2 N–H and O–H groups in total. The molecule has 0 radical (unpaired) electrons. The number of hydrogen-bond acceptors (Lipinski definition) is 2. The van der Waals surface area contributed by atoms with Gasteiger partial charge in [-0.1, -0.05) is 23.7 Å². The summed E-state index contributed by atoms with van der Waals surface area (Å²) in [4.78, 5) is 11.8. The largest absolute Gasteiger partial charge is 0.497 e. The summed E-state index contributed by atoms with van der Waals surface area (Å²) in [6, 6.07) is 17.4. The first-order chi connectivity index (χ1) is 12.5. The molecule has 0 fully saturated rings. The molecule has 26 heavy (non-hydrogen) atoms. The monoisotopic (exact) mass is 368 g/mol. The average Bonchev–Trinajstić information content (AvgIpc) is 2.97. The molecule has 1 amide bonds. The summed E-state index contributed by atoms with van der Waals surface area (Å²) < 4.78 is 7.35. The van der Waals surface area contributed by atoms with Gasteiger partial charge in [-0.25, -0.2) is 0 Å². The van der Waals surface area contributed by atoms with E-state index < -0.39 is 5.91 Å². The number of methoxy groups -OCH3 is 1. The Hall–Kier alpha value is -2.72. The summed E-state index contributed by atoms with van der Waals surface area (Å²) in [6.07, 6.45) is 0.803. The first-order valence-corrected chi connectivity index (χ1v) is 8.76. The number of ether oxygens (including phenoxy) is 1. The summed E-state index contributed by atoms with van der Waals surface area (Å²) in [7, 11) is 1.64. The molecule has 0 aliphatic carbocycles. The second-order valence-electron chi connectivity index (χ2n) is 6.15. The number of hydrogen-bond donors (Lipinski definition) is 1. The minimum Gasteiger partial charge on any atom is -0.497 e. The fraction of sp³-hybridized carbons (Fsp3) is 0.190. The molecule has 3 rings (SSSR count). The topological polar surface area (TPSA) is 57.2 Å². The molecule has 0 unspecified atom stereocenters. The Morgan fingerprint density at radius 1 is 1.15 bits per heavy atom. The van der Waals surface area contributed by atoms with Gasteiger partial charge in [0.1, 0.15) is 5.75 Å². The zero-order valence-corrected chi connectivity index (χ0v) is 15.6. The van der Waals surface area contributed by atoms with Gasteiger partial charge in [0.2, 0.25) is 0 Å². The number of benzene rings is 2. The number of aromatic nitrogens is 1. The third-order valence-corrected chi connectivity index (χ3v) is 4.77. The molecule has 1 heterocycles. The van der Waals surface area contributed by atoms with E-state index >= 15 is 0 Å². The second kappa shape index (κ2) is 7.67. The minimum absolute atomic E-state index is 0.418. The highest BCUT2D eigenvalue weighted by Gasteiger charge is 2.16. The molecule has 0 atom stereocenters. The maximum Gasteiger partial charge on any atom is 0.250 e. The summed E-state index contributed by atoms with van der Waals surface area (Å²) in [5, 5.41) is 0.722. The van der Waals surface area contributed by atoms with Gasteiger partial charge in [-0.15, -0.1) is 0 Å². The van der Waals surface area contributed by atoms with Crippen LogP contribution in [0.2, 0.25) is 5.02 Å². The fourth-order valence-electron chi connectivity index (χ4n) is 3.12. The molecular formula is C21H21ClN2O2. The van der Waals surface area contributed by atoms with Gasteiger partial charge < -0.3 is 15.0 Å². The molecule has 134 valence electrons. The Balaban J connectivity index is 1.97. The molecule has 0 saturated heterocycles. The van der Waals surface area contributed by atoms with Crippen molar-refractivity contribution < 1.29 is 9.53 Å². The van der Waals surface area contributed by atoms with E-state index in [2.05, 4.69) is 4.57 Å². The number of halogens is 1. The van der Waals surface area contributed by atoms with Crippen LogP contribution in [0.3, 0.4) is 0 Å². The average molecular weight is 369 g/mol. The number of nitrogens with zero attached hydrogens (tertiary/aromatic N) is 1. The van der Waals surface area contributed by atoms with E-state index in [0.717, 1.165) is 46.3 Å². The second-order valence-corrected chi connectivity index (χ2v) is 6.59. The van der Waals surface area contributed by atoms with Crippen LogP contribution in [0.1, 0.15) is 21.6 Å². The van der Waals surface area contributed by atoms with Crippen LogP contribution < -0.4 is 10.5 Å². The van der Waals surface area contributed by atoms with E-state index in [-0.39, 0.29) is 0 Å². The molecule has 4 nitrogen and oxygen atoms in total. The van der Waals surface area contributed by atoms with Gasteiger partial charge in [-0.05, 0) is 66.9 Å². The normalized spacial score (nSPS) is 10.7. The van der Waals surface area contributed by atoms with E-state index in [1.165, 1.54) is 0 Å². The van der Waals surface area contributed by atoms with Crippen molar-refractivity contribution in [3.05, 3.63) is 76.4 Å². The van der Waals surface area contributed by atoms with Crippen molar-refractivity contribution in [1.29, 1.82) is 0 Å². The summed E-state index contributed by atoms with van der Waals surface area (Å²) in [6.45, 7) is 2.64. The zero-order chi connectivity index (χ0) is 18.7. The highest BCUT2D eigenvalue weighted by Crippen LogP contribution is 2.28. The molecule has 2 aromatic carbocycles. The molecule has 5 heteroatoms. The standard InChI is InChI=1S/C21H21ClN2O2/c1-14-19(21(23)25)13-20(16-6-8-18(26-2)9-7-16)24(14)11-10-15-4-3-5-17(22)12-15/h3-9,12-13H,10-11H2,1-2H3,(H2,23,25). The molecule has 0 saturated carbocycles. The van der Waals surface area contributed by atoms with Crippen LogP contribution in [0.15, 0.2) is 54.6 Å². The molecule has 1 aromatic heterocycles. The number of aryl methyl sites for hydroxylation is 1. The van der Waals surface area contributed by atoms with Gasteiger partial charge in [-0.2, -0.15) is 0 Å². The van der Waals surface area contributed by atoms with Crippen LogP contribution in [0.4, 0.5) is 0 Å². The summed E-state index contributed by atoms with van der Waals surface area (Å²) >= 11 is 6.08. The fourth-order valence-corrected chi connectivity index (χ4v) is 3.33. The van der Waals surface area contributed by atoms with Crippen LogP contribution in [-0.4, -0.2) is 17.6 Å². The van der Waals surface area contributed by atoms with Gasteiger partial charge in [-0.3, -0.25) is 4.79 Å². The van der Waals surface area contributed by atoms with Crippen molar-refractivity contribution in [1.82, 2.24) is 4.57 Å². The highest BCUT2D eigenvalue weighted by molar-refractivity contribution is 6.30. The third-order valence-electron chi connectivity index (χ3n) is 4.53. The number of carbonyl (C=O) groups excluding carboxylic acids is 1. The van der Waals surface area contributed by atoms with Crippen molar-refractivity contribution in [2.24, 2.45) is 5.73 Å². The van der Waals surface area contributed by atoms with Crippen LogP contribution in [-0.2, 0) is 13.0 Å². The van der Waals surface area contributed by atoms with Crippen molar-refractivity contribution >= 4 is 17.5 Å². The van der Waals surface area contributed by atoms with Crippen LogP contribution in [0.25, 0.3) is 11.3 Å². The zero-order valence-electron chi connectivity index (χ0n) is 14.8. The molecule has 0 spiro atoms. The van der Waals surface area contributed by atoms with Crippen molar-refractivity contribution in [3.63, 3.8) is 0 Å². The molecule has 3 aromatic rings. The van der Waals surface area contributed by atoms with E-state index in [0.29, 0.717) is 5.56 Å². The molecule has 0 bridgehead atoms. The Morgan fingerprint density at radius 2 is 1.88 bits per heavy atom. The van der Waals surface area contributed by atoms with Gasteiger partial charge >= 0.3 is 0 Å². The highest BCUT2D eigenvalue weighted by atomic mass is 35.5. The van der Waals surface area contributed by atoms with Crippen molar-refractivity contribution in [3.8, 4) is 17.0 Å². The van der Waals surface area contributed by atoms with Crippen LogP contribution in [0, 0.1) is 6.92 Å².